The predicted octanol–water partition coefficient (Wildman–Crippen LogP) is 4.94. The number of carbonyl (C=O) groups is 2. The third kappa shape index (κ3) is 4.97. The molecule has 0 aromatic heterocycles. The number of likely N-dealkylation sites (tertiary alicyclic amines) is 1. The van der Waals surface area contributed by atoms with Crippen molar-refractivity contribution in [3.05, 3.63) is 65.5 Å². The number of carbonyl (C=O) groups excluding carboxylic acids is 2. The van der Waals surface area contributed by atoms with Crippen LogP contribution in [0.4, 0.5) is 4.39 Å². The Balaban J connectivity index is 1.67. The van der Waals surface area contributed by atoms with Gasteiger partial charge < -0.3 is 9.64 Å². The number of methoxy groups -OCH3 is 1. The second-order valence-corrected chi connectivity index (χ2v) is 7.16. The molecule has 28 heavy (non-hydrogen) atoms. The summed E-state index contributed by atoms with van der Waals surface area (Å²) in [5.41, 5.74) is 1.54. The van der Waals surface area contributed by atoms with Gasteiger partial charge in [-0.3, -0.25) is 9.59 Å². The Kier molecular flexibility index (Phi) is 6.80. The van der Waals surface area contributed by atoms with Gasteiger partial charge in [-0.1, -0.05) is 25.0 Å². The van der Waals surface area contributed by atoms with Gasteiger partial charge in [-0.25, -0.2) is 4.39 Å². The Morgan fingerprint density at radius 3 is 2.39 bits per heavy atom. The number of rotatable bonds is 6. The van der Waals surface area contributed by atoms with Crippen LogP contribution in [0.3, 0.4) is 0 Å². The minimum atomic E-state index is -0.375. The van der Waals surface area contributed by atoms with Gasteiger partial charge >= 0.3 is 0 Å². The van der Waals surface area contributed by atoms with Crippen LogP contribution < -0.4 is 4.74 Å². The summed E-state index contributed by atoms with van der Waals surface area (Å²) in [6.07, 6.45) is 4.38. The molecule has 148 valence electrons. The molecule has 0 unspecified atom stereocenters. The van der Waals surface area contributed by atoms with Gasteiger partial charge in [0.1, 0.15) is 11.6 Å². The standard InChI is InChI=1S/C23H26FNO3/c1-28-20-12-8-17(9-13-20)21-5-3-2-4-16-25(21)23(27)15-14-22(26)18-6-10-19(24)11-7-18/h6-13,21H,2-5,14-16H2,1H3/t21-/m1/s1. The number of halogens is 1. The minimum Gasteiger partial charge on any atom is -0.497 e. The first-order chi connectivity index (χ1) is 13.6. The van der Waals surface area contributed by atoms with E-state index in [4.69, 9.17) is 4.74 Å². The second-order valence-electron chi connectivity index (χ2n) is 7.16. The number of amides is 1. The highest BCUT2D eigenvalue weighted by Gasteiger charge is 2.27. The van der Waals surface area contributed by atoms with Gasteiger partial charge in [0.2, 0.25) is 5.91 Å². The first kappa shape index (κ1) is 20.1. The van der Waals surface area contributed by atoms with Gasteiger partial charge in [0, 0.05) is 24.9 Å². The zero-order valence-corrected chi connectivity index (χ0v) is 16.2. The SMILES string of the molecule is COc1ccc([C@H]2CCCCCN2C(=O)CCC(=O)c2ccc(F)cc2)cc1. The number of ketones is 1. The first-order valence-electron chi connectivity index (χ1n) is 9.80. The molecule has 1 amide bonds. The largest absolute Gasteiger partial charge is 0.497 e. The van der Waals surface area contributed by atoms with Crippen LogP contribution in [0, 0.1) is 5.82 Å². The van der Waals surface area contributed by atoms with Crippen molar-refractivity contribution < 1.29 is 18.7 Å². The lowest BCUT2D eigenvalue weighted by molar-refractivity contribution is -0.133. The molecule has 1 aliphatic heterocycles. The van der Waals surface area contributed by atoms with Crippen LogP contribution in [0.5, 0.6) is 5.75 Å². The lowest BCUT2D eigenvalue weighted by atomic mass is 9.99. The summed E-state index contributed by atoms with van der Waals surface area (Å²) < 4.78 is 18.2. The monoisotopic (exact) mass is 383 g/mol. The third-order valence-corrected chi connectivity index (χ3v) is 5.31. The second kappa shape index (κ2) is 9.49. The normalized spacial score (nSPS) is 17.1. The molecule has 1 heterocycles. The molecular weight excluding hydrogens is 357 g/mol. The summed E-state index contributed by atoms with van der Waals surface area (Å²) in [7, 11) is 1.63. The van der Waals surface area contributed by atoms with E-state index in [1.54, 1.807) is 7.11 Å². The molecule has 1 atom stereocenters. The molecule has 4 nitrogen and oxygen atoms in total. The highest BCUT2D eigenvalue weighted by Crippen LogP contribution is 2.31. The minimum absolute atomic E-state index is 0.00169. The van der Waals surface area contributed by atoms with Crippen LogP contribution in [0.15, 0.2) is 48.5 Å². The molecule has 0 N–H and O–H groups in total. The molecule has 0 saturated carbocycles. The van der Waals surface area contributed by atoms with Crippen molar-refractivity contribution in [3.8, 4) is 5.75 Å². The molecule has 1 fully saturated rings. The third-order valence-electron chi connectivity index (χ3n) is 5.31. The molecule has 0 bridgehead atoms. The number of nitrogens with zero attached hydrogens (tertiary/aromatic N) is 1. The van der Waals surface area contributed by atoms with E-state index in [-0.39, 0.29) is 36.4 Å². The molecule has 5 heteroatoms. The van der Waals surface area contributed by atoms with Crippen LogP contribution in [0.1, 0.15) is 60.5 Å². The molecule has 0 spiro atoms. The van der Waals surface area contributed by atoms with Gasteiger partial charge in [0.05, 0.1) is 13.2 Å². The molecular formula is C23H26FNO3. The molecule has 2 aromatic carbocycles. The van der Waals surface area contributed by atoms with Crippen molar-refractivity contribution in [2.75, 3.05) is 13.7 Å². The van der Waals surface area contributed by atoms with E-state index in [1.807, 2.05) is 29.2 Å². The van der Waals surface area contributed by atoms with Gasteiger partial charge in [0.25, 0.3) is 0 Å². The Morgan fingerprint density at radius 2 is 1.71 bits per heavy atom. The molecule has 1 saturated heterocycles. The first-order valence-corrected chi connectivity index (χ1v) is 9.80. The zero-order chi connectivity index (χ0) is 19.9. The average molecular weight is 383 g/mol. The molecule has 0 radical (unpaired) electrons. The van der Waals surface area contributed by atoms with Crippen LogP contribution in [-0.2, 0) is 4.79 Å². The van der Waals surface area contributed by atoms with Crippen molar-refractivity contribution in [2.45, 2.75) is 44.6 Å². The van der Waals surface area contributed by atoms with E-state index in [0.717, 1.165) is 37.0 Å². The van der Waals surface area contributed by atoms with Gasteiger partial charge in [-0.05, 0) is 54.8 Å². The summed E-state index contributed by atoms with van der Waals surface area (Å²) in [4.78, 5) is 27.2. The highest BCUT2D eigenvalue weighted by atomic mass is 19.1. The van der Waals surface area contributed by atoms with Crippen LogP contribution in [0.2, 0.25) is 0 Å². The van der Waals surface area contributed by atoms with Crippen LogP contribution in [0.25, 0.3) is 0 Å². The Labute approximate surface area is 165 Å². The summed E-state index contributed by atoms with van der Waals surface area (Å²) >= 11 is 0. The quantitative estimate of drug-likeness (QED) is 0.664. The van der Waals surface area contributed by atoms with E-state index < -0.39 is 0 Å². The van der Waals surface area contributed by atoms with Crippen molar-refractivity contribution in [1.82, 2.24) is 4.90 Å². The number of hydrogen-bond acceptors (Lipinski definition) is 3. The number of ether oxygens (including phenoxy) is 1. The van der Waals surface area contributed by atoms with Crippen molar-refractivity contribution in [2.24, 2.45) is 0 Å². The van der Waals surface area contributed by atoms with E-state index in [1.165, 1.54) is 24.3 Å². The summed E-state index contributed by atoms with van der Waals surface area (Å²) in [5, 5.41) is 0. The maximum atomic E-state index is 13.0. The number of benzene rings is 2. The summed E-state index contributed by atoms with van der Waals surface area (Å²) in [6, 6.07) is 13.4. The zero-order valence-electron chi connectivity index (χ0n) is 16.2. The Hall–Kier alpha value is -2.69. The molecule has 1 aliphatic rings. The fraction of sp³-hybridized carbons (Fsp3) is 0.391. The van der Waals surface area contributed by atoms with Gasteiger partial charge in [0.15, 0.2) is 5.78 Å². The van der Waals surface area contributed by atoms with E-state index >= 15 is 0 Å². The smallest absolute Gasteiger partial charge is 0.223 e. The molecule has 2 aromatic rings. The van der Waals surface area contributed by atoms with Crippen molar-refractivity contribution in [3.63, 3.8) is 0 Å². The van der Waals surface area contributed by atoms with Crippen LogP contribution in [-0.4, -0.2) is 30.2 Å². The Bertz CT molecular complexity index is 802. The van der Waals surface area contributed by atoms with Gasteiger partial charge in [-0.2, -0.15) is 0 Å². The average Bonchev–Trinajstić information content (AvgIpc) is 2.98. The van der Waals surface area contributed by atoms with E-state index in [2.05, 4.69) is 0 Å². The summed E-state index contributed by atoms with van der Waals surface area (Å²) in [6.45, 7) is 0.709. The maximum absolute atomic E-state index is 13.0. The highest BCUT2D eigenvalue weighted by molar-refractivity contribution is 5.97. The fourth-order valence-electron chi connectivity index (χ4n) is 3.72. The van der Waals surface area contributed by atoms with Crippen molar-refractivity contribution in [1.29, 1.82) is 0 Å². The lowest BCUT2D eigenvalue weighted by Gasteiger charge is -2.30. The Morgan fingerprint density at radius 1 is 1.00 bits per heavy atom. The maximum Gasteiger partial charge on any atom is 0.223 e. The van der Waals surface area contributed by atoms with E-state index in [9.17, 15) is 14.0 Å². The van der Waals surface area contributed by atoms with Gasteiger partial charge in [-0.15, -0.1) is 0 Å². The molecule has 3 rings (SSSR count). The topological polar surface area (TPSA) is 46.6 Å². The number of Topliss-reactive ketones (excluding diaryl/α,β-unsaturated/α-hetero) is 1. The van der Waals surface area contributed by atoms with Crippen molar-refractivity contribution >= 4 is 11.7 Å². The molecule has 0 aliphatic carbocycles. The lowest BCUT2D eigenvalue weighted by Crippen LogP contribution is -2.35. The fourth-order valence-corrected chi connectivity index (χ4v) is 3.72. The predicted molar refractivity (Wildman–Crippen MR) is 106 cm³/mol. The van der Waals surface area contributed by atoms with E-state index in [0.29, 0.717) is 12.1 Å². The van der Waals surface area contributed by atoms with Crippen LogP contribution >= 0.6 is 0 Å². The summed E-state index contributed by atoms with van der Waals surface area (Å²) in [5.74, 6) is 0.280. The number of hydrogen-bond donors (Lipinski definition) is 0.